The molecule has 2 atom stereocenters. The first-order valence-corrected chi connectivity index (χ1v) is 14.4. The van der Waals surface area contributed by atoms with Gasteiger partial charge in [0, 0.05) is 49.4 Å². The molecule has 8 N–H and O–H groups in total. The number of morpholine rings is 1. The van der Waals surface area contributed by atoms with Crippen molar-refractivity contribution in [1.29, 1.82) is 0 Å². The molecule has 3 aliphatic rings. The SMILES string of the molecule is CC(C)C(=C/N)/C=C(\N)NC1=CC=C2N=CC(C(C=NCC(CN3CCOCC3)OCc3ccccc3)=CN)=CC2N1. The zero-order chi connectivity index (χ0) is 29.7. The predicted octanol–water partition coefficient (Wildman–Crippen LogP) is 2.41. The van der Waals surface area contributed by atoms with E-state index in [0.717, 1.165) is 66.6 Å². The Morgan fingerprint density at radius 1 is 1.19 bits per heavy atom. The van der Waals surface area contributed by atoms with Crippen LogP contribution in [0.1, 0.15) is 19.4 Å². The molecule has 3 aliphatic heterocycles. The van der Waals surface area contributed by atoms with Crippen LogP contribution >= 0.6 is 0 Å². The Bertz CT molecular complexity index is 1280. The van der Waals surface area contributed by atoms with E-state index in [4.69, 9.17) is 31.7 Å². The molecule has 0 spiro atoms. The molecule has 0 radical (unpaired) electrons. The van der Waals surface area contributed by atoms with Crippen molar-refractivity contribution in [2.45, 2.75) is 32.6 Å². The molecule has 0 aliphatic carbocycles. The molecule has 0 amide bonds. The van der Waals surface area contributed by atoms with E-state index >= 15 is 0 Å². The second kappa shape index (κ2) is 15.8. The smallest absolute Gasteiger partial charge is 0.105 e. The molecular formula is C32H44N8O2. The van der Waals surface area contributed by atoms with Gasteiger partial charge in [-0.25, -0.2) is 0 Å². The Kier molecular flexibility index (Phi) is 11.6. The maximum Gasteiger partial charge on any atom is 0.105 e. The van der Waals surface area contributed by atoms with Crippen LogP contribution in [0, 0.1) is 5.92 Å². The summed E-state index contributed by atoms with van der Waals surface area (Å²) in [6, 6.07) is 10.1. The molecule has 2 unspecified atom stereocenters. The van der Waals surface area contributed by atoms with Crippen molar-refractivity contribution < 1.29 is 9.47 Å². The zero-order valence-electron chi connectivity index (χ0n) is 24.6. The number of hydrogen-bond donors (Lipinski definition) is 5. The monoisotopic (exact) mass is 572 g/mol. The standard InChI is InChI=1S/C32H44N8O2/c1-23(2)25(16-33)15-31(35)39-32-9-8-29-30(38-32)14-26(19-37-29)27(17-34)18-36-20-28(21-40-10-12-41-13-11-40)42-22-24-6-4-3-5-7-24/h3-9,14-19,23,28,30,38-39H,10-13,20-22,33-35H2,1-2H3/b25-16+,27-17?,31-15+,36-18?. The van der Waals surface area contributed by atoms with Gasteiger partial charge < -0.3 is 37.3 Å². The van der Waals surface area contributed by atoms with Gasteiger partial charge in [0.25, 0.3) is 0 Å². The minimum Gasteiger partial charge on any atom is -0.404 e. The van der Waals surface area contributed by atoms with Gasteiger partial charge >= 0.3 is 0 Å². The van der Waals surface area contributed by atoms with Gasteiger partial charge in [-0.05, 0) is 47.6 Å². The van der Waals surface area contributed by atoms with Crippen LogP contribution in [0.2, 0.25) is 0 Å². The third kappa shape index (κ3) is 9.20. The molecule has 0 aromatic heterocycles. The second-order valence-corrected chi connectivity index (χ2v) is 10.7. The summed E-state index contributed by atoms with van der Waals surface area (Å²) in [4.78, 5) is 11.8. The van der Waals surface area contributed by atoms with Crippen molar-refractivity contribution in [1.82, 2.24) is 15.5 Å². The van der Waals surface area contributed by atoms with Crippen molar-refractivity contribution in [3.8, 4) is 0 Å². The molecule has 0 bridgehead atoms. The minimum absolute atomic E-state index is 0.0651. The molecule has 0 saturated carbocycles. The molecule has 1 fully saturated rings. The van der Waals surface area contributed by atoms with Crippen molar-refractivity contribution in [2.24, 2.45) is 33.1 Å². The van der Waals surface area contributed by atoms with Gasteiger partial charge in [0.15, 0.2) is 0 Å². The summed E-state index contributed by atoms with van der Waals surface area (Å²) in [5, 5.41) is 6.65. The first-order valence-electron chi connectivity index (χ1n) is 14.4. The number of hydrogen-bond acceptors (Lipinski definition) is 10. The average Bonchev–Trinajstić information content (AvgIpc) is 3.01. The maximum atomic E-state index is 6.31. The van der Waals surface area contributed by atoms with E-state index in [2.05, 4.69) is 52.6 Å². The highest BCUT2D eigenvalue weighted by Crippen LogP contribution is 2.21. The largest absolute Gasteiger partial charge is 0.404 e. The number of nitrogens with one attached hydrogen (secondary N) is 2. The van der Waals surface area contributed by atoms with E-state index < -0.39 is 0 Å². The number of nitrogens with zero attached hydrogens (tertiary/aromatic N) is 3. The highest BCUT2D eigenvalue weighted by molar-refractivity contribution is 5.99. The lowest BCUT2D eigenvalue weighted by Gasteiger charge is -2.30. The fourth-order valence-electron chi connectivity index (χ4n) is 4.71. The van der Waals surface area contributed by atoms with Gasteiger partial charge in [-0.2, -0.15) is 0 Å². The summed E-state index contributed by atoms with van der Waals surface area (Å²) in [5.41, 5.74) is 22.6. The highest BCUT2D eigenvalue weighted by atomic mass is 16.5. The van der Waals surface area contributed by atoms with E-state index in [1.807, 2.05) is 42.6 Å². The number of fused-ring (bicyclic) bond motifs is 1. The predicted molar refractivity (Wildman–Crippen MR) is 170 cm³/mol. The lowest BCUT2D eigenvalue weighted by molar-refractivity contribution is -0.0141. The zero-order valence-corrected chi connectivity index (χ0v) is 24.6. The van der Waals surface area contributed by atoms with Crippen LogP contribution in [0.4, 0.5) is 0 Å². The van der Waals surface area contributed by atoms with E-state index in [0.29, 0.717) is 19.0 Å². The number of allylic oxidation sites excluding steroid dienone is 6. The highest BCUT2D eigenvalue weighted by Gasteiger charge is 2.21. The number of benzene rings is 1. The van der Waals surface area contributed by atoms with E-state index in [1.54, 1.807) is 18.6 Å². The first kappa shape index (κ1) is 30.8. The quantitative estimate of drug-likeness (QED) is 0.179. The Balaban J connectivity index is 1.38. The van der Waals surface area contributed by atoms with Crippen LogP contribution in [0.5, 0.6) is 0 Å². The lowest BCUT2D eigenvalue weighted by Crippen LogP contribution is -2.42. The minimum atomic E-state index is -0.147. The van der Waals surface area contributed by atoms with E-state index in [1.165, 1.54) is 0 Å². The van der Waals surface area contributed by atoms with Crippen molar-refractivity contribution in [3.63, 3.8) is 0 Å². The van der Waals surface area contributed by atoms with E-state index in [-0.39, 0.29) is 18.1 Å². The summed E-state index contributed by atoms with van der Waals surface area (Å²) in [6.07, 6.45) is 14.5. The second-order valence-electron chi connectivity index (χ2n) is 10.7. The van der Waals surface area contributed by atoms with Crippen LogP contribution in [0.15, 0.2) is 111 Å². The van der Waals surface area contributed by atoms with Gasteiger partial charge in [0.05, 0.1) is 44.2 Å². The molecule has 1 aromatic rings. The number of dihydropyridines is 2. The fraction of sp³-hybridized carbons (Fsp3) is 0.375. The van der Waals surface area contributed by atoms with Crippen molar-refractivity contribution in [2.75, 3.05) is 39.4 Å². The van der Waals surface area contributed by atoms with Gasteiger partial charge in [0.1, 0.15) is 11.6 Å². The van der Waals surface area contributed by atoms with Gasteiger partial charge in [-0.15, -0.1) is 0 Å². The summed E-state index contributed by atoms with van der Waals surface area (Å²) < 4.78 is 11.8. The lowest BCUT2D eigenvalue weighted by atomic mass is 10.00. The molecule has 10 heteroatoms. The Morgan fingerprint density at radius 2 is 1.98 bits per heavy atom. The molecule has 1 saturated heterocycles. The van der Waals surface area contributed by atoms with Crippen LogP contribution in [0.25, 0.3) is 0 Å². The van der Waals surface area contributed by atoms with E-state index in [9.17, 15) is 0 Å². The summed E-state index contributed by atoms with van der Waals surface area (Å²) in [5.74, 6) is 1.52. The topological polar surface area (TPSA) is 149 Å². The fourth-order valence-corrected chi connectivity index (χ4v) is 4.71. The number of aliphatic imine (C=N–C) groups is 2. The maximum absolute atomic E-state index is 6.31. The third-order valence-corrected chi connectivity index (χ3v) is 7.16. The number of rotatable bonds is 13. The van der Waals surface area contributed by atoms with Crippen molar-refractivity contribution in [3.05, 3.63) is 107 Å². The number of ether oxygens (including phenoxy) is 2. The summed E-state index contributed by atoms with van der Waals surface area (Å²) in [7, 11) is 0. The summed E-state index contributed by atoms with van der Waals surface area (Å²) >= 11 is 0. The Labute approximate surface area is 249 Å². The summed E-state index contributed by atoms with van der Waals surface area (Å²) in [6.45, 7) is 9.25. The van der Waals surface area contributed by atoms with Gasteiger partial charge in [-0.3, -0.25) is 14.9 Å². The van der Waals surface area contributed by atoms with Crippen LogP contribution < -0.4 is 27.8 Å². The third-order valence-electron chi connectivity index (χ3n) is 7.16. The van der Waals surface area contributed by atoms with Crippen LogP contribution in [-0.4, -0.2) is 68.9 Å². The molecule has 1 aromatic carbocycles. The molecular weight excluding hydrogens is 528 g/mol. The molecule has 3 heterocycles. The normalized spacial score (nSPS) is 21.0. The molecule has 4 rings (SSSR count). The average molecular weight is 573 g/mol. The number of nitrogens with two attached hydrogens (primary N) is 3. The molecule has 10 nitrogen and oxygen atoms in total. The van der Waals surface area contributed by atoms with Crippen LogP contribution in [0.3, 0.4) is 0 Å². The van der Waals surface area contributed by atoms with Crippen molar-refractivity contribution >= 4 is 12.4 Å². The molecule has 224 valence electrons. The first-order chi connectivity index (χ1) is 20.4. The van der Waals surface area contributed by atoms with Gasteiger partial charge in [-0.1, -0.05) is 44.2 Å². The molecule has 42 heavy (non-hydrogen) atoms. The van der Waals surface area contributed by atoms with Gasteiger partial charge in [0.2, 0.25) is 0 Å². The Hall–Kier alpha value is -4.12. The Morgan fingerprint density at radius 3 is 2.69 bits per heavy atom. The van der Waals surface area contributed by atoms with Crippen LogP contribution in [-0.2, 0) is 16.1 Å².